The molecule has 178 valence electrons. The van der Waals surface area contributed by atoms with E-state index in [9.17, 15) is 19.7 Å². The Labute approximate surface area is 197 Å². The first kappa shape index (κ1) is 24.6. The van der Waals surface area contributed by atoms with Crippen molar-refractivity contribution < 1.29 is 19.2 Å². The molecule has 0 saturated carbocycles. The number of nitrogens with zero attached hydrogens (tertiary/aromatic N) is 3. The van der Waals surface area contributed by atoms with Crippen molar-refractivity contribution in [1.82, 2.24) is 15.1 Å². The molecule has 0 aliphatic rings. The van der Waals surface area contributed by atoms with E-state index in [2.05, 4.69) is 10.4 Å². The van der Waals surface area contributed by atoms with E-state index in [0.29, 0.717) is 36.3 Å². The van der Waals surface area contributed by atoms with Crippen LogP contribution in [0.3, 0.4) is 0 Å². The third-order valence-corrected chi connectivity index (χ3v) is 5.47. The van der Waals surface area contributed by atoms with E-state index in [1.165, 1.54) is 5.56 Å². The van der Waals surface area contributed by atoms with Crippen molar-refractivity contribution in [2.24, 2.45) is 0 Å². The van der Waals surface area contributed by atoms with E-state index in [-0.39, 0.29) is 24.7 Å². The Morgan fingerprint density at radius 2 is 1.68 bits per heavy atom. The van der Waals surface area contributed by atoms with Crippen LogP contribution in [-0.2, 0) is 22.5 Å². The number of amides is 1. The summed E-state index contributed by atoms with van der Waals surface area (Å²) in [6, 6.07) is 14.8. The number of hydrogen-bond donors (Lipinski definition) is 1. The summed E-state index contributed by atoms with van der Waals surface area (Å²) in [6.45, 7) is 5.95. The Balaban J connectivity index is 1.41. The Morgan fingerprint density at radius 1 is 1.03 bits per heavy atom. The fourth-order valence-electron chi connectivity index (χ4n) is 3.54. The molecular weight excluding hydrogens is 436 g/mol. The highest BCUT2D eigenvalue weighted by Gasteiger charge is 2.21. The number of carbonyl (C=O) groups excluding carboxylic acids is 2. The number of carbonyl (C=O) groups is 2. The number of benzene rings is 2. The summed E-state index contributed by atoms with van der Waals surface area (Å²) in [6.07, 6.45) is 1.03. The van der Waals surface area contributed by atoms with Gasteiger partial charge in [-0.1, -0.05) is 42.0 Å². The lowest BCUT2D eigenvalue weighted by molar-refractivity contribution is -0.386. The van der Waals surface area contributed by atoms with Crippen molar-refractivity contribution in [2.75, 3.05) is 13.2 Å². The van der Waals surface area contributed by atoms with Crippen molar-refractivity contribution >= 4 is 17.6 Å². The van der Waals surface area contributed by atoms with E-state index in [0.717, 1.165) is 11.1 Å². The molecule has 9 nitrogen and oxygen atoms in total. The quantitative estimate of drug-likeness (QED) is 0.212. The van der Waals surface area contributed by atoms with Crippen LogP contribution in [0.2, 0.25) is 0 Å². The lowest BCUT2D eigenvalue weighted by Gasteiger charge is -2.08. The summed E-state index contributed by atoms with van der Waals surface area (Å²) in [5, 5.41) is 18.1. The van der Waals surface area contributed by atoms with Crippen molar-refractivity contribution in [1.29, 1.82) is 0 Å². The third kappa shape index (κ3) is 6.50. The first-order valence-electron chi connectivity index (χ1n) is 11.0. The summed E-state index contributed by atoms with van der Waals surface area (Å²) in [4.78, 5) is 34.9. The van der Waals surface area contributed by atoms with Crippen molar-refractivity contribution in [2.45, 2.75) is 40.2 Å². The number of hydrogen-bond acceptors (Lipinski definition) is 6. The molecule has 0 bridgehead atoms. The molecule has 0 unspecified atom stereocenters. The molecule has 0 fully saturated rings. The van der Waals surface area contributed by atoms with Crippen LogP contribution < -0.4 is 5.32 Å². The van der Waals surface area contributed by atoms with Crippen molar-refractivity contribution in [3.63, 3.8) is 0 Å². The zero-order valence-corrected chi connectivity index (χ0v) is 19.5. The highest BCUT2D eigenvalue weighted by atomic mass is 16.6. The van der Waals surface area contributed by atoms with Gasteiger partial charge in [-0.05, 0) is 50.5 Å². The lowest BCUT2D eigenvalue weighted by Crippen LogP contribution is -2.28. The summed E-state index contributed by atoms with van der Waals surface area (Å²) in [5.74, 6) is -0.576. The van der Waals surface area contributed by atoms with E-state index in [1.807, 2.05) is 31.2 Å². The minimum absolute atomic E-state index is 0.0161. The van der Waals surface area contributed by atoms with Crippen LogP contribution in [0.25, 0.3) is 0 Å². The normalized spacial score (nSPS) is 10.7. The Kier molecular flexibility index (Phi) is 8.13. The molecule has 0 spiro atoms. The first-order chi connectivity index (χ1) is 16.2. The number of aromatic nitrogens is 2. The van der Waals surface area contributed by atoms with E-state index in [1.54, 1.807) is 42.8 Å². The van der Waals surface area contributed by atoms with Gasteiger partial charge >= 0.3 is 11.7 Å². The van der Waals surface area contributed by atoms with Gasteiger partial charge in [0.1, 0.15) is 18.0 Å². The number of aryl methyl sites for hydroxylation is 3. The molecule has 1 N–H and O–H groups in total. The molecule has 0 atom stereocenters. The van der Waals surface area contributed by atoms with Gasteiger partial charge in [0.15, 0.2) is 0 Å². The maximum absolute atomic E-state index is 12.2. The van der Waals surface area contributed by atoms with Gasteiger partial charge in [0, 0.05) is 6.42 Å². The lowest BCUT2D eigenvalue weighted by atomic mass is 10.1. The van der Waals surface area contributed by atoms with Gasteiger partial charge in [0.05, 0.1) is 23.6 Å². The van der Waals surface area contributed by atoms with E-state index in [4.69, 9.17) is 4.74 Å². The largest absolute Gasteiger partial charge is 0.460 e. The van der Waals surface area contributed by atoms with Gasteiger partial charge in [-0.3, -0.25) is 19.6 Å². The number of nitro groups is 1. The van der Waals surface area contributed by atoms with Gasteiger partial charge in [-0.2, -0.15) is 5.10 Å². The van der Waals surface area contributed by atoms with Gasteiger partial charge < -0.3 is 10.1 Å². The van der Waals surface area contributed by atoms with Crippen LogP contribution in [-0.4, -0.2) is 39.7 Å². The molecule has 2 aromatic carbocycles. The average Bonchev–Trinajstić information content (AvgIpc) is 3.09. The summed E-state index contributed by atoms with van der Waals surface area (Å²) in [5.41, 5.74) is 4.37. The first-order valence-corrected chi connectivity index (χ1v) is 11.0. The SMILES string of the molecule is Cc1ccc(CCC(=O)NCCOC(=O)c2ccc(Cn3nc(C)c([N+](=O)[O-])c3C)cc2)cc1. The van der Waals surface area contributed by atoms with E-state index >= 15 is 0 Å². The van der Waals surface area contributed by atoms with Crippen LogP contribution in [0.5, 0.6) is 0 Å². The molecule has 1 aromatic heterocycles. The second-order valence-corrected chi connectivity index (χ2v) is 8.10. The molecule has 34 heavy (non-hydrogen) atoms. The molecule has 9 heteroatoms. The summed E-state index contributed by atoms with van der Waals surface area (Å²) >= 11 is 0. The second kappa shape index (κ2) is 11.2. The Morgan fingerprint density at radius 3 is 2.29 bits per heavy atom. The Hall–Kier alpha value is -4.01. The standard InChI is InChI=1S/C25H28N4O5/c1-17-4-6-20(7-5-17)10-13-23(30)26-14-15-34-25(31)22-11-8-21(9-12-22)16-28-19(3)24(29(32)33)18(2)27-28/h4-9,11-12H,10,13-16H2,1-3H3,(H,26,30). The maximum atomic E-state index is 12.2. The van der Waals surface area contributed by atoms with Gasteiger partial charge in [-0.15, -0.1) is 0 Å². The minimum Gasteiger partial charge on any atom is -0.460 e. The van der Waals surface area contributed by atoms with Crippen LogP contribution in [0, 0.1) is 30.9 Å². The zero-order chi connectivity index (χ0) is 24.7. The molecule has 0 aliphatic heterocycles. The highest BCUT2D eigenvalue weighted by Crippen LogP contribution is 2.22. The number of rotatable bonds is 10. The van der Waals surface area contributed by atoms with Crippen LogP contribution in [0.4, 0.5) is 5.69 Å². The highest BCUT2D eigenvalue weighted by molar-refractivity contribution is 5.89. The predicted molar refractivity (Wildman–Crippen MR) is 127 cm³/mol. The number of nitrogens with one attached hydrogen (secondary N) is 1. The second-order valence-electron chi connectivity index (χ2n) is 8.10. The van der Waals surface area contributed by atoms with Gasteiger partial charge in [0.2, 0.25) is 5.91 Å². The molecule has 3 rings (SSSR count). The molecule has 3 aromatic rings. The van der Waals surface area contributed by atoms with Crippen molar-refractivity contribution in [3.8, 4) is 0 Å². The summed E-state index contributed by atoms with van der Waals surface area (Å²) < 4.78 is 6.80. The zero-order valence-electron chi connectivity index (χ0n) is 19.5. The smallest absolute Gasteiger partial charge is 0.338 e. The molecular formula is C25H28N4O5. The predicted octanol–water partition coefficient (Wildman–Crippen LogP) is 3.67. The van der Waals surface area contributed by atoms with Crippen LogP contribution in [0.15, 0.2) is 48.5 Å². The molecule has 0 saturated heterocycles. The van der Waals surface area contributed by atoms with Crippen LogP contribution >= 0.6 is 0 Å². The van der Waals surface area contributed by atoms with Crippen LogP contribution in [0.1, 0.15) is 44.9 Å². The Bertz CT molecular complexity index is 1170. The van der Waals surface area contributed by atoms with Gasteiger partial charge in [-0.25, -0.2) is 4.79 Å². The van der Waals surface area contributed by atoms with Gasteiger partial charge in [0.25, 0.3) is 0 Å². The molecule has 0 radical (unpaired) electrons. The average molecular weight is 465 g/mol. The molecule has 1 heterocycles. The number of ether oxygens (including phenoxy) is 1. The minimum atomic E-state index is -0.484. The van der Waals surface area contributed by atoms with E-state index < -0.39 is 10.9 Å². The fraction of sp³-hybridized carbons (Fsp3) is 0.320. The monoisotopic (exact) mass is 464 g/mol. The number of esters is 1. The summed E-state index contributed by atoms with van der Waals surface area (Å²) in [7, 11) is 0. The molecule has 1 amide bonds. The van der Waals surface area contributed by atoms with Crippen molar-refractivity contribution in [3.05, 3.63) is 92.3 Å². The third-order valence-electron chi connectivity index (χ3n) is 5.47. The topological polar surface area (TPSA) is 116 Å². The molecule has 0 aliphatic carbocycles. The maximum Gasteiger partial charge on any atom is 0.338 e. The fourth-order valence-corrected chi connectivity index (χ4v) is 3.54.